The van der Waals surface area contributed by atoms with E-state index in [-0.39, 0.29) is 12.7 Å². The van der Waals surface area contributed by atoms with Crippen LogP contribution in [0.25, 0.3) is 0 Å². The number of carbonyl (C=O) groups is 1. The van der Waals surface area contributed by atoms with E-state index < -0.39 is 0 Å². The first-order chi connectivity index (χ1) is 8.79. The van der Waals surface area contributed by atoms with Gasteiger partial charge in [-0.25, -0.2) is 0 Å². The normalized spacial score (nSPS) is 12.3. The van der Waals surface area contributed by atoms with Crippen molar-refractivity contribution in [2.24, 2.45) is 0 Å². The minimum atomic E-state index is -0.0701. The molecule has 18 heavy (non-hydrogen) atoms. The second kappa shape index (κ2) is 6.35. The molecule has 0 spiro atoms. The molecule has 2 rings (SSSR count). The second-order valence-electron chi connectivity index (χ2n) is 3.65. The van der Waals surface area contributed by atoms with Crippen molar-refractivity contribution < 1.29 is 19.0 Å². The summed E-state index contributed by atoms with van der Waals surface area (Å²) in [4.78, 5) is 11.1. The molecule has 1 aromatic rings. The van der Waals surface area contributed by atoms with Crippen LogP contribution in [0.4, 0.5) is 0 Å². The molecule has 1 aliphatic heterocycles. The first-order valence-corrected chi connectivity index (χ1v) is 6.18. The Morgan fingerprint density at radius 3 is 3.06 bits per heavy atom. The van der Waals surface area contributed by atoms with Crippen LogP contribution >= 0.6 is 11.6 Å². The molecule has 0 atom stereocenters. The number of rotatable bonds is 6. The van der Waals surface area contributed by atoms with Crippen molar-refractivity contribution in [3.8, 4) is 17.2 Å². The molecule has 0 saturated heterocycles. The van der Waals surface area contributed by atoms with Gasteiger partial charge in [0, 0.05) is 18.4 Å². The van der Waals surface area contributed by atoms with Gasteiger partial charge in [0.2, 0.25) is 12.7 Å². The van der Waals surface area contributed by atoms with Crippen molar-refractivity contribution in [2.75, 3.05) is 25.8 Å². The predicted octanol–water partition coefficient (Wildman–Crippen LogP) is 1.54. The Morgan fingerprint density at radius 2 is 2.22 bits per heavy atom. The monoisotopic (exact) mass is 271 g/mol. The van der Waals surface area contributed by atoms with Crippen LogP contribution in [-0.2, 0) is 4.79 Å². The van der Waals surface area contributed by atoms with E-state index in [2.05, 4.69) is 5.32 Å². The van der Waals surface area contributed by atoms with Crippen molar-refractivity contribution in [3.63, 3.8) is 0 Å². The Hall–Kier alpha value is -1.62. The number of halogens is 1. The van der Waals surface area contributed by atoms with Crippen molar-refractivity contribution in [2.45, 2.75) is 6.42 Å². The molecule has 0 fully saturated rings. The Kier molecular flexibility index (Phi) is 4.52. The SMILES string of the molecule is O=C(CCCl)NCCOc1ccc2c(c1)OCO2. The summed E-state index contributed by atoms with van der Waals surface area (Å²) in [5.41, 5.74) is 0. The Balaban J connectivity index is 1.72. The smallest absolute Gasteiger partial charge is 0.231 e. The Bertz CT molecular complexity index is 425. The zero-order valence-corrected chi connectivity index (χ0v) is 10.5. The molecule has 0 bridgehead atoms. The van der Waals surface area contributed by atoms with Crippen LogP contribution in [0.5, 0.6) is 17.2 Å². The topological polar surface area (TPSA) is 56.8 Å². The highest BCUT2D eigenvalue weighted by molar-refractivity contribution is 6.18. The van der Waals surface area contributed by atoms with Crippen LogP contribution in [0.1, 0.15) is 6.42 Å². The largest absolute Gasteiger partial charge is 0.492 e. The molecular weight excluding hydrogens is 258 g/mol. The molecule has 1 heterocycles. The number of hydrogen-bond acceptors (Lipinski definition) is 4. The highest BCUT2D eigenvalue weighted by Crippen LogP contribution is 2.34. The highest BCUT2D eigenvalue weighted by atomic mass is 35.5. The molecule has 98 valence electrons. The third-order valence-electron chi connectivity index (χ3n) is 2.36. The lowest BCUT2D eigenvalue weighted by Gasteiger charge is -2.07. The fraction of sp³-hybridized carbons (Fsp3) is 0.417. The van der Waals surface area contributed by atoms with Crippen LogP contribution in [0.15, 0.2) is 18.2 Å². The summed E-state index contributed by atoms with van der Waals surface area (Å²) in [7, 11) is 0. The molecule has 1 aliphatic rings. The lowest BCUT2D eigenvalue weighted by atomic mass is 10.3. The second-order valence-corrected chi connectivity index (χ2v) is 4.03. The number of hydrogen-bond donors (Lipinski definition) is 1. The maximum absolute atomic E-state index is 11.1. The summed E-state index contributed by atoms with van der Waals surface area (Å²) in [6.45, 7) is 1.09. The van der Waals surface area contributed by atoms with Gasteiger partial charge >= 0.3 is 0 Å². The van der Waals surface area contributed by atoms with E-state index in [4.69, 9.17) is 25.8 Å². The minimum absolute atomic E-state index is 0.0701. The zero-order valence-electron chi connectivity index (χ0n) is 9.78. The van der Waals surface area contributed by atoms with Gasteiger partial charge in [0.25, 0.3) is 0 Å². The van der Waals surface area contributed by atoms with Gasteiger partial charge in [-0.05, 0) is 12.1 Å². The number of nitrogens with one attached hydrogen (secondary N) is 1. The first kappa shape index (κ1) is 12.8. The molecule has 0 saturated carbocycles. The summed E-state index contributed by atoms with van der Waals surface area (Å²) in [6.07, 6.45) is 0.325. The van der Waals surface area contributed by atoms with E-state index in [1.165, 1.54) is 0 Å². The van der Waals surface area contributed by atoms with Crippen molar-refractivity contribution in [1.82, 2.24) is 5.32 Å². The van der Waals surface area contributed by atoms with Gasteiger partial charge in [0.15, 0.2) is 11.5 Å². The predicted molar refractivity (Wildman–Crippen MR) is 66.4 cm³/mol. The molecule has 5 nitrogen and oxygen atoms in total. The third kappa shape index (κ3) is 3.43. The van der Waals surface area contributed by atoms with Crippen LogP contribution in [0.3, 0.4) is 0 Å². The lowest BCUT2D eigenvalue weighted by Crippen LogP contribution is -2.28. The quantitative estimate of drug-likeness (QED) is 0.630. The zero-order chi connectivity index (χ0) is 12.8. The average molecular weight is 272 g/mol. The van der Waals surface area contributed by atoms with E-state index >= 15 is 0 Å². The third-order valence-corrected chi connectivity index (χ3v) is 2.55. The van der Waals surface area contributed by atoms with E-state index in [1.54, 1.807) is 18.2 Å². The highest BCUT2D eigenvalue weighted by Gasteiger charge is 2.13. The molecule has 0 aliphatic carbocycles. The van der Waals surface area contributed by atoms with Gasteiger partial charge in [-0.1, -0.05) is 0 Å². The van der Waals surface area contributed by atoms with Crippen LogP contribution < -0.4 is 19.5 Å². The fourth-order valence-corrected chi connectivity index (χ4v) is 1.67. The standard InChI is InChI=1S/C12H14ClNO4/c13-4-3-12(15)14-5-6-16-9-1-2-10-11(7-9)18-8-17-10/h1-2,7H,3-6,8H2,(H,14,15). The summed E-state index contributed by atoms with van der Waals surface area (Å²) in [6, 6.07) is 5.36. The van der Waals surface area contributed by atoms with Gasteiger partial charge in [0.1, 0.15) is 12.4 Å². The van der Waals surface area contributed by atoms with E-state index in [9.17, 15) is 4.79 Å². The summed E-state index contributed by atoms with van der Waals surface area (Å²) in [5, 5.41) is 2.70. The lowest BCUT2D eigenvalue weighted by molar-refractivity contribution is -0.120. The van der Waals surface area contributed by atoms with E-state index in [0.717, 1.165) is 5.75 Å². The minimum Gasteiger partial charge on any atom is -0.492 e. The van der Waals surface area contributed by atoms with Gasteiger partial charge in [-0.3, -0.25) is 4.79 Å². The molecule has 0 aromatic heterocycles. The molecule has 1 N–H and O–H groups in total. The molecule has 1 amide bonds. The molecule has 1 aromatic carbocycles. The molecule has 6 heteroatoms. The number of benzene rings is 1. The van der Waals surface area contributed by atoms with Gasteiger partial charge in [-0.2, -0.15) is 0 Å². The van der Waals surface area contributed by atoms with Gasteiger partial charge < -0.3 is 19.5 Å². The molecule has 0 unspecified atom stereocenters. The van der Waals surface area contributed by atoms with Crippen molar-refractivity contribution in [3.05, 3.63) is 18.2 Å². The summed E-state index contributed by atoms with van der Waals surface area (Å²) >= 11 is 5.44. The average Bonchev–Trinajstić information content (AvgIpc) is 2.82. The number of fused-ring (bicyclic) bond motifs is 1. The van der Waals surface area contributed by atoms with Crippen LogP contribution in [0.2, 0.25) is 0 Å². The summed E-state index contributed by atoms with van der Waals surface area (Å²) in [5.74, 6) is 2.34. The van der Waals surface area contributed by atoms with Crippen molar-refractivity contribution in [1.29, 1.82) is 0 Å². The number of ether oxygens (including phenoxy) is 3. The Labute approximate surface area is 110 Å². The Morgan fingerprint density at radius 1 is 1.39 bits per heavy atom. The fourth-order valence-electron chi connectivity index (χ4n) is 1.50. The first-order valence-electron chi connectivity index (χ1n) is 5.64. The van der Waals surface area contributed by atoms with Gasteiger partial charge in [-0.15, -0.1) is 11.6 Å². The van der Waals surface area contributed by atoms with Gasteiger partial charge in [0.05, 0.1) is 6.54 Å². The maximum atomic E-state index is 11.1. The number of amides is 1. The van der Waals surface area contributed by atoms with Crippen LogP contribution in [0, 0.1) is 0 Å². The molecule has 0 radical (unpaired) electrons. The van der Waals surface area contributed by atoms with Crippen LogP contribution in [-0.4, -0.2) is 31.7 Å². The number of alkyl halides is 1. The summed E-state index contributed by atoms with van der Waals surface area (Å²) < 4.78 is 15.9. The molecular formula is C12H14ClNO4. The van der Waals surface area contributed by atoms with Crippen molar-refractivity contribution >= 4 is 17.5 Å². The number of carbonyl (C=O) groups excluding carboxylic acids is 1. The maximum Gasteiger partial charge on any atom is 0.231 e. The van der Waals surface area contributed by atoms with E-state index in [0.29, 0.717) is 37.0 Å². The van der Waals surface area contributed by atoms with E-state index in [1.807, 2.05) is 0 Å².